The molecule has 0 bridgehead atoms. The molecular weight excluding hydrogens is 296 g/mol. The summed E-state index contributed by atoms with van der Waals surface area (Å²) >= 11 is 0. The molecule has 4 rings (SSSR count). The van der Waals surface area contributed by atoms with Crippen molar-refractivity contribution in [3.63, 3.8) is 0 Å². The fraction of sp³-hybridized carbons (Fsp3) is 0. The number of hydrogen-bond donors (Lipinski definition) is 4. The second-order valence-corrected chi connectivity index (χ2v) is 5.62. The van der Waals surface area contributed by atoms with Gasteiger partial charge in [-0.25, -0.2) is 0 Å². The van der Waals surface area contributed by atoms with Crippen LogP contribution in [-0.4, -0.2) is 0 Å². The van der Waals surface area contributed by atoms with Crippen molar-refractivity contribution in [1.29, 1.82) is 0 Å². The van der Waals surface area contributed by atoms with Crippen LogP contribution in [0.4, 0.5) is 22.7 Å². The molecule has 4 nitrogen and oxygen atoms in total. The first-order valence-electron chi connectivity index (χ1n) is 7.62. The topological polar surface area (TPSA) is 104 Å². The van der Waals surface area contributed by atoms with Crippen molar-refractivity contribution in [3.05, 3.63) is 72.8 Å². The SMILES string of the molecule is Nc1cc(N)c2ccccc2c1.Nc1ccc2ccccc2c1N. The van der Waals surface area contributed by atoms with Crippen LogP contribution < -0.4 is 22.9 Å². The molecule has 0 fully saturated rings. The van der Waals surface area contributed by atoms with Gasteiger partial charge in [-0.15, -0.1) is 0 Å². The average molecular weight is 316 g/mol. The van der Waals surface area contributed by atoms with Crippen LogP contribution >= 0.6 is 0 Å². The maximum Gasteiger partial charge on any atom is 0.0627 e. The second-order valence-electron chi connectivity index (χ2n) is 5.62. The molecule has 0 saturated heterocycles. The van der Waals surface area contributed by atoms with E-state index in [1.165, 1.54) is 0 Å². The van der Waals surface area contributed by atoms with Crippen molar-refractivity contribution in [2.45, 2.75) is 0 Å². The van der Waals surface area contributed by atoms with Gasteiger partial charge in [-0.2, -0.15) is 0 Å². The van der Waals surface area contributed by atoms with Crippen LogP contribution in [0, 0.1) is 0 Å². The molecule has 0 aliphatic carbocycles. The Bertz CT molecular complexity index is 1010. The van der Waals surface area contributed by atoms with E-state index in [0.29, 0.717) is 17.1 Å². The molecule has 0 saturated carbocycles. The lowest BCUT2D eigenvalue weighted by Gasteiger charge is -2.03. The van der Waals surface area contributed by atoms with E-state index in [9.17, 15) is 0 Å². The zero-order valence-corrected chi connectivity index (χ0v) is 13.2. The lowest BCUT2D eigenvalue weighted by atomic mass is 10.1. The lowest BCUT2D eigenvalue weighted by Crippen LogP contribution is -1.94. The van der Waals surface area contributed by atoms with Gasteiger partial charge in [0.05, 0.1) is 11.4 Å². The van der Waals surface area contributed by atoms with Crippen molar-refractivity contribution in [2.24, 2.45) is 0 Å². The van der Waals surface area contributed by atoms with Crippen LogP contribution in [0.1, 0.15) is 0 Å². The summed E-state index contributed by atoms with van der Waals surface area (Å²) in [6, 6.07) is 23.4. The number of fused-ring (bicyclic) bond motifs is 2. The molecule has 24 heavy (non-hydrogen) atoms. The maximum absolute atomic E-state index is 5.79. The third-order valence-electron chi connectivity index (χ3n) is 3.92. The van der Waals surface area contributed by atoms with Gasteiger partial charge in [0.15, 0.2) is 0 Å². The highest BCUT2D eigenvalue weighted by Gasteiger charge is 1.99. The molecule has 4 aromatic rings. The zero-order valence-electron chi connectivity index (χ0n) is 13.2. The molecule has 120 valence electrons. The van der Waals surface area contributed by atoms with E-state index >= 15 is 0 Å². The van der Waals surface area contributed by atoms with Crippen LogP contribution in [-0.2, 0) is 0 Å². The van der Waals surface area contributed by atoms with Gasteiger partial charge in [-0.1, -0.05) is 54.6 Å². The first kappa shape index (κ1) is 15.5. The highest BCUT2D eigenvalue weighted by molar-refractivity contribution is 5.98. The Balaban J connectivity index is 0.000000141. The maximum atomic E-state index is 5.79. The first-order valence-corrected chi connectivity index (χ1v) is 7.62. The minimum absolute atomic E-state index is 0.647. The lowest BCUT2D eigenvalue weighted by molar-refractivity contribution is 1.71. The van der Waals surface area contributed by atoms with Crippen LogP contribution in [0.15, 0.2) is 72.8 Å². The average Bonchev–Trinajstić information content (AvgIpc) is 2.59. The molecule has 0 aromatic heterocycles. The van der Waals surface area contributed by atoms with E-state index in [2.05, 4.69) is 0 Å². The Hall–Kier alpha value is -3.40. The molecule has 0 unspecified atom stereocenters. The van der Waals surface area contributed by atoms with Crippen molar-refractivity contribution in [1.82, 2.24) is 0 Å². The van der Waals surface area contributed by atoms with Crippen LogP contribution in [0.2, 0.25) is 0 Å². The largest absolute Gasteiger partial charge is 0.399 e. The summed E-state index contributed by atoms with van der Waals surface area (Å²) in [5.74, 6) is 0. The molecule has 0 amide bonds. The van der Waals surface area contributed by atoms with Gasteiger partial charge in [0.25, 0.3) is 0 Å². The van der Waals surface area contributed by atoms with E-state index < -0.39 is 0 Å². The number of anilines is 4. The summed E-state index contributed by atoms with van der Waals surface area (Å²) in [7, 11) is 0. The van der Waals surface area contributed by atoms with E-state index in [0.717, 1.165) is 27.2 Å². The summed E-state index contributed by atoms with van der Waals surface area (Å²) in [4.78, 5) is 0. The summed E-state index contributed by atoms with van der Waals surface area (Å²) < 4.78 is 0. The number of hydrogen-bond acceptors (Lipinski definition) is 4. The van der Waals surface area contributed by atoms with Gasteiger partial charge in [0.1, 0.15) is 0 Å². The fourth-order valence-electron chi connectivity index (χ4n) is 2.68. The van der Waals surface area contributed by atoms with Gasteiger partial charge in [-0.05, 0) is 29.0 Å². The van der Waals surface area contributed by atoms with E-state index in [-0.39, 0.29) is 0 Å². The summed E-state index contributed by atoms with van der Waals surface area (Å²) in [6.07, 6.45) is 0. The number of rotatable bonds is 0. The van der Waals surface area contributed by atoms with Crippen molar-refractivity contribution < 1.29 is 0 Å². The van der Waals surface area contributed by atoms with E-state index in [4.69, 9.17) is 22.9 Å². The Morgan fingerprint density at radius 3 is 1.88 bits per heavy atom. The van der Waals surface area contributed by atoms with Crippen LogP contribution in [0.3, 0.4) is 0 Å². The second kappa shape index (κ2) is 6.38. The molecule has 8 N–H and O–H groups in total. The molecule has 0 radical (unpaired) electrons. The number of benzene rings is 4. The van der Waals surface area contributed by atoms with E-state index in [1.54, 1.807) is 6.07 Å². The summed E-state index contributed by atoms with van der Waals surface area (Å²) in [5, 5.41) is 4.31. The van der Waals surface area contributed by atoms with Crippen molar-refractivity contribution >= 4 is 44.3 Å². The minimum Gasteiger partial charge on any atom is -0.399 e. The van der Waals surface area contributed by atoms with Crippen LogP contribution in [0.5, 0.6) is 0 Å². The molecule has 4 aromatic carbocycles. The van der Waals surface area contributed by atoms with Crippen molar-refractivity contribution in [2.75, 3.05) is 22.9 Å². The summed E-state index contributed by atoms with van der Waals surface area (Å²) in [5.41, 5.74) is 25.7. The Kier molecular flexibility index (Phi) is 4.12. The normalized spacial score (nSPS) is 10.3. The van der Waals surface area contributed by atoms with Gasteiger partial charge in [-0.3, -0.25) is 0 Å². The quantitative estimate of drug-likeness (QED) is 0.368. The number of nitrogen functional groups attached to an aromatic ring is 4. The molecule has 0 spiro atoms. The van der Waals surface area contributed by atoms with Gasteiger partial charge in [0, 0.05) is 22.1 Å². The number of nitrogens with two attached hydrogens (primary N) is 4. The highest BCUT2D eigenvalue weighted by atomic mass is 14.7. The Morgan fingerprint density at radius 1 is 0.500 bits per heavy atom. The molecule has 0 heterocycles. The fourth-order valence-corrected chi connectivity index (χ4v) is 2.68. The van der Waals surface area contributed by atoms with Gasteiger partial charge < -0.3 is 22.9 Å². The predicted octanol–water partition coefficient (Wildman–Crippen LogP) is 4.01. The van der Waals surface area contributed by atoms with Crippen molar-refractivity contribution in [3.8, 4) is 0 Å². The van der Waals surface area contributed by atoms with E-state index in [1.807, 2.05) is 66.7 Å². The molecule has 0 atom stereocenters. The third-order valence-corrected chi connectivity index (χ3v) is 3.92. The standard InChI is InChI=1S/2C10H10N2/c11-8-5-7-3-1-2-4-9(7)10(12)6-8;11-9-6-5-7-3-1-2-4-8(7)10(9)12/h2*1-6H,11-12H2. The van der Waals surface area contributed by atoms with Crippen LogP contribution in [0.25, 0.3) is 21.5 Å². The Morgan fingerprint density at radius 2 is 1.12 bits per heavy atom. The molecular formula is C20H20N4. The predicted molar refractivity (Wildman–Crippen MR) is 106 cm³/mol. The van der Waals surface area contributed by atoms with Gasteiger partial charge >= 0.3 is 0 Å². The first-order chi connectivity index (χ1) is 11.6. The highest BCUT2D eigenvalue weighted by Crippen LogP contribution is 2.26. The summed E-state index contributed by atoms with van der Waals surface area (Å²) in [6.45, 7) is 0. The Labute approximate surface area is 140 Å². The monoisotopic (exact) mass is 316 g/mol. The molecule has 0 aliphatic heterocycles. The zero-order chi connectivity index (χ0) is 17.1. The smallest absolute Gasteiger partial charge is 0.0627 e. The molecule has 0 aliphatic rings. The minimum atomic E-state index is 0.647. The van der Waals surface area contributed by atoms with Gasteiger partial charge in [0.2, 0.25) is 0 Å². The third kappa shape index (κ3) is 3.03. The molecule has 4 heteroatoms.